The second kappa shape index (κ2) is 7.66. The van der Waals surface area contributed by atoms with E-state index in [1.165, 1.54) is 11.3 Å². The van der Waals surface area contributed by atoms with Crippen LogP contribution >= 0.6 is 34.5 Å². The Morgan fingerprint density at radius 1 is 1.17 bits per heavy atom. The van der Waals surface area contributed by atoms with Gasteiger partial charge in [0.05, 0.1) is 26.9 Å². The van der Waals surface area contributed by atoms with Gasteiger partial charge in [-0.15, -0.1) is 11.3 Å². The Bertz CT molecular complexity index is 836. The molecule has 0 aliphatic heterocycles. The first kappa shape index (κ1) is 16.8. The monoisotopic (exact) mass is 378 g/mol. The number of halogens is 2. The molecular formula is C17H12Cl2N2O2S. The lowest BCUT2D eigenvalue weighted by atomic mass is 10.2. The van der Waals surface area contributed by atoms with E-state index in [0.29, 0.717) is 33.7 Å². The Kier molecular flexibility index (Phi) is 5.35. The van der Waals surface area contributed by atoms with Gasteiger partial charge in [0, 0.05) is 10.9 Å². The molecule has 0 radical (unpaired) electrons. The first-order valence-electron chi connectivity index (χ1n) is 6.99. The SMILES string of the molecule is O=C(Nc1cccc(Cl)c1Cl)c1ccc(OCc2cscn2)cc1. The molecule has 24 heavy (non-hydrogen) atoms. The number of ether oxygens (including phenoxy) is 1. The zero-order chi connectivity index (χ0) is 16.9. The van der Waals surface area contributed by atoms with E-state index in [-0.39, 0.29) is 5.91 Å². The number of rotatable bonds is 5. The highest BCUT2D eigenvalue weighted by Crippen LogP contribution is 2.29. The number of hydrogen-bond donors (Lipinski definition) is 1. The molecule has 0 saturated carbocycles. The zero-order valence-electron chi connectivity index (χ0n) is 12.3. The van der Waals surface area contributed by atoms with Crippen molar-refractivity contribution in [2.24, 2.45) is 0 Å². The number of anilines is 1. The lowest BCUT2D eigenvalue weighted by Gasteiger charge is -2.09. The minimum Gasteiger partial charge on any atom is -0.487 e. The smallest absolute Gasteiger partial charge is 0.255 e. The standard InChI is InChI=1S/C17H12Cl2N2O2S/c18-14-2-1-3-15(16(14)19)21-17(22)11-4-6-13(7-5-11)23-8-12-9-24-10-20-12/h1-7,9-10H,8H2,(H,21,22). The highest BCUT2D eigenvalue weighted by Gasteiger charge is 2.10. The van der Waals surface area contributed by atoms with Gasteiger partial charge in [-0.3, -0.25) is 4.79 Å². The Hall–Kier alpha value is -2.08. The van der Waals surface area contributed by atoms with E-state index in [1.54, 1.807) is 48.0 Å². The van der Waals surface area contributed by atoms with Gasteiger partial charge in [-0.2, -0.15) is 0 Å². The van der Waals surface area contributed by atoms with Crippen LogP contribution in [0.3, 0.4) is 0 Å². The van der Waals surface area contributed by atoms with Crippen molar-refractivity contribution in [1.82, 2.24) is 4.98 Å². The zero-order valence-corrected chi connectivity index (χ0v) is 14.7. The lowest BCUT2D eigenvalue weighted by Crippen LogP contribution is -2.12. The Labute approximate surface area is 153 Å². The summed E-state index contributed by atoms with van der Waals surface area (Å²) >= 11 is 13.5. The summed E-state index contributed by atoms with van der Waals surface area (Å²) in [5.74, 6) is 0.394. The van der Waals surface area contributed by atoms with Gasteiger partial charge in [0.15, 0.2) is 0 Å². The topological polar surface area (TPSA) is 51.2 Å². The quantitative estimate of drug-likeness (QED) is 0.656. The fourth-order valence-corrected chi connectivity index (χ4v) is 2.85. The van der Waals surface area contributed by atoms with Crippen molar-refractivity contribution in [3.05, 3.63) is 74.7 Å². The normalized spacial score (nSPS) is 10.4. The van der Waals surface area contributed by atoms with E-state index in [1.807, 2.05) is 5.38 Å². The van der Waals surface area contributed by atoms with Crippen molar-refractivity contribution in [1.29, 1.82) is 0 Å². The molecule has 1 aromatic heterocycles. The fraction of sp³-hybridized carbons (Fsp3) is 0.0588. The molecule has 3 aromatic rings. The summed E-state index contributed by atoms with van der Waals surface area (Å²) in [5.41, 5.74) is 3.59. The van der Waals surface area contributed by atoms with Crippen molar-refractivity contribution < 1.29 is 9.53 Å². The summed E-state index contributed by atoms with van der Waals surface area (Å²) in [6.45, 7) is 0.396. The minimum absolute atomic E-state index is 0.273. The summed E-state index contributed by atoms with van der Waals surface area (Å²) in [5, 5.41) is 5.37. The van der Waals surface area contributed by atoms with Crippen LogP contribution in [0.5, 0.6) is 5.75 Å². The van der Waals surface area contributed by atoms with E-state index >= 15 is 0 Å². The second-order valence-electron chi connectivity index (χ2n) is 4.85. The predicted molar refractivity (Wildman–Crippen MR) is 97.3 cm³/mol. The van der Waals surface area contributed by atoms with Crippen LogP contribution in [0.1, 0.15) is 16.1 Å². The van der Waals surface area contributed by atoms with Gasteiger partial charge < -0.3 is 10.1 Å². The van der Waals surface area contributed by atoms with Gasteiger partial charge in [-0.1, -0.05) is 29.3 Å². The van der Waals surface area contributed by atoms with Crippen molar-refractivity contribution >= 4 is 46.1 Å². The molecule has 0 atom stereocenters. The van der Waals surface area contributed by atoms with Crippen molar-refractivity contribution in [3.8, 4) is 5.75 Å². The molecule has 122 valence electrons. The van der Waals surface area contributed by atoms with Crippen LogP contribution in [0.15, 0.2) is 53.4 Å². The third kappa shape index (κ3) is 4.06. The van der Waals surface area contributed by atoms with Crippen molar-refractivity contribution in [3.63, 3.8) is 0 Å². The van der Waals surface area contributed by atoms with Gasteiger partial charge in [-0.05, 0) is 36.4 Å². The average Bonchev–Trinajstić information content (AvgIpc) is 3.11. The van der Waals surface area contributed by atoms with Crippen LogP contribution in [0, 0.1) is 0 Å². The highest BCUT2D eigenvalue weighted by atomic mass is 35.5. The number of amides is 1. The van der Waals surface area contributed by atoms with Crippen LogP contribution in [-0.2, 0) is 6.61 Å². The number of nitrogens with zero attached hydrogens (tertiary/aromatic N) is 1. The van der Waals surface area contributed by atoms with Gasteiger partial charge in [0.1, 0.15) is 12.4 Å². The van der Waals surface area contributed by atoms with E-state index in [4.69, 9.17) is 27.9 Å². The summed E-state index contributed by atoms with van der Waals surface area (Å²) in [4.78, 5) is 16.4. The summed E-state index contributed by atoms with van der Waals surface area (Å²) in [6.07, 6.45) is 0. The molecule has 0 unspecified atom stereocenters. The molecule has 3 rings (SSSR count). The molecule has 0 bridgehead atoms. The molecule has 0 fully saturated rings. The summed E-state index contributed by atoms with van der Waals surface area (Å²) in [6, 6.07) is 11.9. The van der Waals surface area contributed by atoms with Crippen LogP contribution in [0.4, 0.5) is 5.69 Å². The van der Waals surface area contributed by atoms with E-state index in [2.05, 4.69) is 10.3 Å². The van der Waals surface area contributed by atoms with Crippen LogP contribution < -0.4 is 10.1 Å². The maximum atomic E-state index is 12.3. The van der Waals surface area contributed by atoms with Gasteiger partial charge >= 0.3 is 0 Å². The van der Waals surface area contributed by atoms with E-state index in [0.717, 1.165) is 5.69 Å². The molecular weight excluding hydrogens is 367 g/mol. The van der Waals surface area contributed by atoms with E-state index < -0.39 is 0 Å². The third-order valence-electron chi connectivity index (χ3n) is 3.19. The van der Waals surface area contributed by atoms with Gasteiger partial charge in [0.2, 0.25) is 0 Å². The Morgan fingerprint density at radius 3 is 2.67 bits per heavy atom. The largest absolute Gasteiger partial charge is 0.487 e. The molecule has 1 amide bonds. The first-order valence-corrected chi connectivity index (χ1v) is 8.68. The maximum absolute atomic E-state index is 12.3. The summed E-state index contributed by atoms with van der Waals surface area (Å²) in [7, 11) is 0. The molecule has 0 saturated heterocycles. The number of aromatic nitrogens is 1. The molecule has 0 aliphatic rings. The molecule has 0 aliphatic carbocycles. The predicted octanol–water partition coefficient (Wildman–Crippen LogP) is 5.28. The highest BCUT2D eigenvalue weighted by molar-refractivity contribution is 7.07. The van der Waals surface area contributed by atoms with Gasteiger partial charge in [-0.25, -0.2) is 4.98 Å². The average molecular weight is 379 g/mol. The summed E-state index contributed by atoms with van der Waals surface area (Å²) < 4.78 is 5.61. The number of carbonyl (C=O) groups is 1. The molecule has 0 spiro atoms. The van der Waals surface area contributed by atoms with Crippen LogP contribution in [0.2, 0.25) is 10.0 Å². The van der Waals surface area contributed by atoms with Gasteiger partial charge in [0.25, 0.3) is 5.91 Å². The molecule has 7 heteroatoms. The minimum atomic E-state index is -0.273. The number of nitrogens with one attached hydrogen (secondary N) is 1. The lowest BCUT2D eigenvalue weighted by molar-refractivity contribution is 0.102. The fourth-order valence-electron chi connectivity index (χ4n) is 1.96. The number of benzene rings is 2. The first-order chi connectivity index (χ1) is 11.6. The Balaban J connectivity index is 1.64. The van der Waals surface area contributed by atoms with Crippen LogP contribution in [-0.4, -0.2) is 10.9 Å². The Morgan fingerprint density at radius 2 is 1.96 bits per heavy atom. The maximum Gasteiger partial charge on any atom is 0.255 e. The third-order valence-corrected chi connectivity index (χ3v) is 4.64. The molecule has 4 nitrogen and oxygen atoms in total. The second-order valence-corrected chi connectivity index (χ2v) is 6.35. The molecule has 1 N–H and O–H groups in total. The molecule has 1 heterocycles. The van der Waals surface area contributed by atoms with Crippen LogP contribution in [0.25, 0.3) is 0 Å². The van der Waals surface area contributed by atoms with Crippen molar-refractivity contribution in [2.75, 3.05) is 5.32 Å². The number of hydrogen-bond acceptors (Lipinski definition) is 4. The number of carbonyl (C=O) groups excluding carboxylic acids is 1. The number of thiazole rings is 1. The molecule has 2 aromatic carbocycles. The van der Waals surface area contributed by atoms with E-state index in [9.17, 15) is 4.79 Å². The van der Waals surface area contributed by atoms with Crippen molar-refractivity contribution in [2.45, 2.75) is 6.61 Å².